The molecule has 0 radical (unpaired) electrons. The van der Waals surface area contributed by atoms with Gasteiger partial charge in [-0.2, -0.15) is 0 Å². The number of amides is 1. The van der Waals surface area contributed by atoms with Crippen LogP contribution in [-0.2, 0) is 6.42 Å². The number of likely N-dealkylation sites (tertiary alicyclic amines) is 1. The molecule has 0 aliphatic carbocycles. The van der Waals surface area contributed by atoms with Gasteiger partial charge in [-0.15, -0.1) is 0 Å². The van der Waals surface area contributed by atoms with Crippen molar-refractivity contribution in [1.29, 1.82) is 0 Å². The number of carbonyl (C=O) groups is 1. The highest BCUT2D eigenvalue weighted by atomic mass is 16.5. The Morgan fingerprint density at radius 2 is 1.77 bits per heavy atom. The minimum Gasteiger partial charge on any atom is -0.497 e. The second-order valence-corrected chi connectivity index (χ2v) is 7.85. The van der Waals surface area contributed by atoms with Crippen molar-refractivity contribution >= 4 is 5.91 Å². The van der Waals surface area contributed by atoms with Crippen LogP contribution in [0.3, 0.4) is 0 Å². The molecule has 1 fully saturated rings. The van der Waals surface area contributed by atoms with Crippen molar-refractivity contribution in [2.75, 3.05) is 20.2 Å². The summed E-state index contributed by atoms with van der Waals surface area (Å²) in [4.78, 5) is 24.0. The Morgan fingerprint density at radius 1 is 1.07 bits per heavy atom. The summed E-state index contributed by atoms with van der Waals surface area (Å²) in [6, 6.07) is 18.2. The molecule has 0 bridgehead atoms. The number of methoxy groups -OCH3 is 1. The molecule has 1 saturated heterocycles. The van der Waals surface area contributed by atoms with Gasteiger partial charge in [0.2, 0.25) is 0 Å². The smallest absolute Gasteiger partial charge is 0.257 e. The zero-order chi connectivity index (χ0) is 20.9. The molecule has 30 heavy (non-hydrogen) atoms. The van der Waals surface area contributed by atoms with Crippen LogP contribution in [0.1, 0.15) is 34.5 Å². The molecule has 5 nitrogen and oxygen atoms in total. The molecule has 2 aromatic carbocycles. The molecule has 154 valence electrons. The van der Waals surface area contributed by atoms with Crippen LogP contribution in [0.15, 0.2) is 60.8 Å². The molecule has 1 aromatic heterocycles. The highest BCUT2D eigenvalue weighted by Crippen LogP contribution is 2.24. The van der Waals surface area contributed by atoms with Gasteiger partial charge in [0, 0.05) is 24.8 Å². The number of hydrogen-bond donors (Lipinski definition) is 0. The Labute approximate surface area is 177 Å². The van der Waals surface area contributed by atoms with E-state index in [9.17, 15) is 4.79 Å². The second kappa shape index (κ2) is 9.08. The van der Waals surface area contributed by atoms with E-state index >= 15 is 0 Å². The van der Waals surface area contributed by atoms with Gasteiger partial charge in [-0.05, 0) is 61.9 Å². The van der Waals surface area contributed by atoms with E-state index in [1.165, 1.54) is 5.56 Å². The van der Waals surface area contributed by atoms with Gasteiger partial charge >= 0.3 is 0 Å². The molecule has 0 unspecified atom stereocenters. The van der Waals surface area contributed by atoms with Gasteiger partial charge in [0.25, 0.3) is 5.91 Å². The quantitative estimate of drug-likeness (QED) is 0.629. The van der Waals surface area contributed by atoms with E-state index in [1.54, 1.807) is 13.3 Å². The third-order valence-electron chi connectivity index (χ3n) is 5.83. The number of carbonyl (C=O) groups excluding carboxylic acids is 1. The monoisotopic (exact) mass is 401 g/mol. The molecule has 4 rings (SSSR count). The molecular formula is C25H27N3O2. The number of rotatable bonds is 5. The molecule has 0 atom stereocenters. The van der Waals surface area contributed by atoms with Crippen molar-refractivity contribution in [2.24, 2.45) is 5.92 Å². The van der Waals surface area contributed by atoms with Crippen LogP contribution in [0.4, 0.5) is 0 Å². The third kappa shape index (κ3) is 4.51. The Balaban J connectivity index is 1.40. The summed E-state index contributed by atoms with van der Waals surface area (Å²) in [6.07, 6.45) is 4.82. The van der Waals surface area contributed by atoms with Crippen molar-refractivity contribution in [3.63, 3.8) is 0 Å². The lowest BCUT2D eigenvalue weighted by molar-refractivity contribution is 0.0689. The molecule has 0 spiro atoms. The first-order valence-electron chi connectivity index (χ1n) is 10.5. The lowest BCUT2D eigenvalue weighted by atomic mass is 9.90. The van der Waals surface area contributed by atoms with Gasteiger partial charge in [-0.3, -0.25) is 4.79 Å². The Morgan fingerprint density at radius 3 is 2.40 bits per heavy atom. The Hall–Kier alpha value is -3.21. The van der Waals surface area contributed by atoms with Crippen molar-refractivity contribution in [2.45, 2.75) is 26.2 Å². The Kier molecular flexibility index (Phi) is 6.07. The lowest BCUT2D eigenvalue weighted by Gasteiger charge is -2.32. The van der Waals surface area contributed by atoms with Crippen LogP contribution >= 0.6 is 0 Å². The van der Waals surface area contributed by atoms with Crippen LogP contribution < -0.4 is 4.74 Å². The summed E-state index contributed by atoms with van der Waals surface area (Å²) in [5.74, 6) is 2.07. The largest absolute Gasteiger partial charge is 0.497 e. The number of aryl methyl sites for hydroxylation is 1. The molecule has 1 aliphatic rings. The summed E-state index contributed by atoms with van der Waals surface area (Å²) in [7, 11) is 1.64. The highest BCUT2D eigenvalue weighted by molar-refractivity contribution is 5.95. The maximum absolute atomic E-state index is 13.0. The van der Waals surface area contributed by atoms with Crippen molar-refractivity contribution in [3.8, 4) is 17.1 Å². The summed E-state index contributed by atoms with van der Waals surface area (Å²) >= 11 is 0. The van der Waals surface area contributed by atoms with Crippen molar-refractivity contribution in [1.82, 2.24) is 14.9 Å². The maximum atomic E-state index is 13.0. The van der Waals surface area contributed by atoms with Crippen LogP contribution in [0.25, 0.3) is 11.4 Å². The van der Waals surface area contributed by atoms with E-state index < -0.39 is 0 Å². The van der Waals surface area contributed by atoms with Gasteiger partial charge < -0.3 is 9.64 Å². The zero-order valence-corrected chi connectivity index (χ0v) is 17.5. The average Bonchev–Trinajstić information content (AvgIpc) is 2.80. The molecule has 0 N–H and O–H groups in total. The van der Waals surface area contributed by atoms with Gasteiger partial charge in [0.15, 0.2) is 5.82 Å². The molecule has 1 amide bonds. The SMILES string of the molecule is COc1ccc(-c2ncc(C(=O)N3CCC(Cc4ccccc4)CC3)c(C)n2)cc1. The zero-order valence-electron chi connectivity index (χ0n) is 17.5. The van der Waals surface area contributed by atoms with Crippen molar-refractivity contribution in [3.05, 3.63) is 77.6 Å². The Bertz CT molecular complexity index is 995. The van der Waals surface area contributed by atoms with Gasteiger partial charge in [0.05, 0.1) is 18.4 Å². The van der Waals surface area contributed by atoms with Gasteiger partial charge in [-0.25, -0.2) is 9.97 Å². The van der Waals surface area contributed by atoms with Crippen LogP contribution in [-0.4, -0.2) is 41.0 Å². The molecule has 2 heterocycles. The topological polar surface area (TPSA) is 55.3 Å². The normalized spacial score (nSPS) is 14.5. The maximum Gasteiger partial charge on any atom is 0.257 e. The fourth-order valence-corrected chi connectivity index (χ4v) is 4.01. The third-order valence-corrected chi connectivity index (χ3v) is 5.83. The molecule has 0 saturated carbocycles. The van der Waals surface area contributed by atoms with Crippen LogP contribution in [0.5, 0.6) is 5.75 Å². The first kappa shape index (κ1) is 20.1. The second-order valence-electron chi connectivity index (χ2n) is 7.85. The van der Waals surface area contributed by atoms with E-state index in [2.05, 4.69) is 40.3 Å². The van der Waals surface area contributed by atoms with E-state index in [0.29, 0.717) is 23.0 Å². The summed E-state index contributed by atoms with van der Waals surface area (Å²) in [6.45, 7) is 3.45. The van der Waals surface area contributed by atoms with Crippen LogP contribution in [0.2, 0.25) is 0 Å². The number of piperidine rings is 1. The highest BCUT2D eigenvalue weighted by Gasteiger charge is 2.25. The fourth-order valence-electron chi connectivity index (χ4n) is 4.01. The minimum atomic E-state index is 0.0342. The average molecular weight is 402 g/mol. The summed E-state index contributed by atoms with van der Waals surface area (Å²) in [5.41, 5.74) is 3.58. The number of aromatic nitrogens is 2. The molecular weight excluding hydrogens is 374 g/mol. The number of nitrogens with zero attached hydrogens (tertiary/aromatic N) is 3. The number of ether oxygens (including phenoxy) is 1. The predicted octanol–water partition coefficient (Wildman–Crippen LogP) is 4.56. The summed E-state index contributed by atoms with van der Waals surface area (Å²) < 4.78 is 5.20. The van der Waals surface area contributed by atoms with E-state index in [4.69, 9.17) is 4.74 Å². The van der Waals surface area contributed by atoms with Crippen LogP contribution in [0, 0.1) is 12.8 Å². The molecule has 3 aromatic rings. The van der Waals surface area contributed by atoms with Gasteiger partial charge in [0.1, 0.15) is 5.75 Å². The van der Waals surface area contributed by atoms with E-state index in [1.807, 2.05) is 36.1 Å². The number of benzene rings is 2. The van der Waals surface area contributed by atoms with E-state index in [-0.39, 0.29) is 5.91 Å². The first-order valence-corrected chi connectivity index (χ1v) is 10.5. The minimum absolute atomic E-state index is 0.0342. The standard InChI is InChI=1S/C25H27N3O2/c1-18-23(17-26-24(27-18)21-8-10-22(30-2)11-9-21)25(29)28-14-12-20(13-15-28)16-19-6-4-3-5-7-19/h3-11,17,20H,12-16H2,1-2H3. The van der Waals surface area contributed by atoms with Crippen molar-refractivity contribution < 1.29 is 9.53 Å². The number of hydrogen-bond acceptors (Lipinski definition) is 4. The first-order chi connectivity index (χ1) is 14.6. The molecule has 1 aliphatic heterocycles. The predicted molar refractivity (Wildman–Crippen MR) is 118 cm³/mol. The molecule has 5 heteroatoms. The van der Waals surface area contributed by atoms with Gasteiger partial charge in [-0.1, -0.05) is 30.3 Å². The summed E-state index contributed by atoms with van der Waals surface area (Å²) in [5, 5.41) is 0. The lowest BCUT2D eigenvalue weighted by Crippen LogP contribution is -2.39. The van der Waals surface area contributed by atoms with E-state index in [0.717, 1.165) is 43.7 Å². The fraction of sp³-hybridized carbons (Fsp3) is 0.320.